The molecule has 0 aliphatic carbocycles. The number of nitrogens with zero attached hydrogens (tertiary/aromatic N) is 1. The summed E-state index contributed by atoms with van der Waals surface area (Å²) in [5, 5.41) is -0.551. The Hall–Kier alpha value is -2.81. The molecule has 0 unspecified atom stereocenters. The molecule has 0 aromatic heterocycles. The number of esters is 2. The Kier molecular flexibility index (Phi) is 5.81. The number of amides is 2. The Morgan fingerprint density at radius 1 is 1.20 bits per heavy atom. The van der Waals surface area contributed by atoms with Crippen LogP contribution in [0.5, 0.6) is 11.5 Å². The largest absolute Gasteiger partial charge is 0.493 e. The zero-order valence-corrected chi connectivity index (χ0v) is 14.5. The van der Waals surface area contributed by atoms with Crippen LogP contribution in [-0.4, -0.2) is 48.7 Å². The van der Waals surface area contributed by atoms with Gasteiger partial charge in [-0.2, -0.15) is 0 Å². The van der Waals surface area contributed by atoms with E-state index in [2.05, 4.69) is 4.74 Å². The second-order valence-corrected chi connectivity index (χ2v) is 5.84. The molecule has 1 aromatic carbocycles. The van der Waals surface area contributed by atoms with Gasteiger partial charge in [-0.25, -0.2) is 0 Å². The second kappa shape index (κ2) is 7.84. The summed E-state index contributed by atoms with van der Waals surface area (Å²) in [7, 11) is 2.59. The number of carbonyl (C=O) groups excluding carboxylic acids is 4. The van der Waals surface area contributed by atoms with Crippen LogP contribution in [0.2, 0.25) is 0 Å². The van der Waals surface area contributed by atoms with Gasteiger partial charge in [-0.05, 0) is 35.5 Å². The first-order valence-corrected chi connectivity index (χ1v) is 7.86. The van der Waals surface area contributed by atoms with Crippen LogP contribution in [0.25, 0.3) is 6.08 Å². The van der Waals surface area contributed by atoms with Gasteiger partial charge >= 0.3 is 11.9 Å². The minimum Gasteiger partial charge on any atom is -0.493 e. The number of carbonyl (C=O) groups is 4. The van der Waals surface area contributed by atoms with Gasteiger partial charge in [0.25, 0.3) is 11.1 Å². The van der Waals surface area contributed by atoms with E-state index in [4.69, 9.17) is 9.47 Å². The zero-order chi connectivity index (χ0) is 18.6. The lowest BCUT2D eigenvalue weighted by atomic mass is 10.2. The Morgan fingerprint density at radius 3 is 2.52 bits per heavy atom. The van der Waals surface area contributed by atoms with Crippen LogP contribution in [0.1, 0.15) is 12.5 Å². The summed E-state index contributed by atoms with van der Waals surface area (Å²) in [5.41, 5.74) is 0.566. The molecule has 2 rings (SSSR count). The number of methoxy groups -OCH3 is 2. The second-order valence-electron chi connectivity index (χ2n) is 4.85. The third-order valence-electron chi connectivity index (χ3n) is 3.13. The molecule has 1 fully saturated rings. The average molecular weight is 365 g/mol. The summed E-state index contributed by atoms with van der Waals surface area (Å²) >= 11 is 0.722. The predicted octanol–water partition coefficient (Wildman–Crippen LogP) is 1.83. The Morgan fingerprint density at radius 2 is 1.92 bits per heavy atom. The summed E-state index contributed by atoms with van der Waals surface area (Å²) in [6.07, 6.45) is 1.49. The molecule has 0 saturated carbocycles. The van der Waals surface area contributed by atoms with E-state index in [1.807, 2.05) is 0 Å². The van der Waals surface area contributed by atoms with Crippen molar-refractivity contribution >= 4 is 40.9 Å². The molecule has 0 radical (unpaired) electrons. The highest BCUT2D eigenvalue weighted by Gasteiger charge is 2.36. The van der Waals surface area contributed by atoms with Crippen LogP contribution < -0.4 is 9.47 Å². The van der Waals surface area contributed by atoms with Gasteiger partial charge < -0.3 is 14.2 Å². The topological polar surface area (TPSA) is 99.2 Å². The SMILES string of the molecule is COC(=O)CN1C(=O)S/C(=C\c2ccc(OC(C)=O)c(OC)c2)C1=O. The fraction of sp³-hybridized carbons (Fsp3) is 0.250. The van der Waals surface area contributed by atoms with Crippen LogP contribution >= 0.6 is 11.8 Å². The molecule has 1 heterocycles. The number of thioether (sulfide) groups is 1. The number of imide groups is 1. The van der Waals surface area contributed by atoms with Crippen molar-refractivity contribution in [2.75, 3.05) is 20.8 Å². The zero-order valence-electron chi connectivity index (χ0n) is 13.7. The predicted molar refractivity (Wildman–Crippen MR) is 89.0 cm³/mol. The third-order valence-corrected chi connectivity index (χ3v) is 4.03. The molecule has 1 aromatic rings. The molecule has 9 heteroatoms. The molecule has 1 aliphatic rings. The number of benzene rings is 1. The monoisotopic (exact) mass is 365 g/mol. The number of ether oxygens (including phenoxy) is 3. The minimum atomic E-state index is -0.684. The molecule has 0 bridgehead atoms. The molecular weight excluding hydrogens is 350 g/mol. The van der Waals surface area contributed by atoms with E-state index in [0.717, 1.165) is 16.7 Å². The van der Waals surface area contributed by atoms with Gasteiger partial charge in [-0.3, -0.25) is 24.1 Å². The molecule has 1 aliphatic heterocycles. The summed E-state index contributed by atoms with van der Waals surface area (Å²) in [6, 6.07) is 4.69. The standard InChI is InChI=1S/C16H15NO7S/c1-9(18)24-11-5-4-10(6-12(11)22-2)7-13-15(20)17(16(21)25-13)8-14(19)23-3/h4-7H,8H2,1-3H3/b13-7-. The molecule has 2 amide bonds. The van der Waals surface area contributed by atoms with Gasteiger partial charge in [0.05, 0.1) is 19.1 Å². The van der Waals surface area contributed by atoms with Gasteiger partial charge in [0.1, 0.15) is 6.54 Å². The fourth-order valence-corrected chi connectivity index (χ4v) is 2.83. The van der Waals surface area contributed by atoms with E-state index in [1.54, 1.807) is 12.1 Å². The average Bonchev–Trinajstić information content (AvgIpc) is 2.83. The summed E-state index contributed by atoms with van der Waals surface area (Å²) in [4.78, 5) is 47.4. The number of rotatable bonds is 5. The van der Waals surface area contributed by atoms with Gasteiger partial charge in [0.2, 0.25) is 0 Å². The maximum Gasteiger partial charge on any atom is 0.325 e. The summed E-state index contributed by atoms with van der Waals surface area (Å²) in [6.45, 7) is 0.831. The molecule has 8 nitrogen and oxygen atoms in total. The molecule has 25 heavy (non-hydrogen) atoms. The maximum absolute atomic E-state index is 12.2. The third kappa shape index (κ3) is 4.38. The van der Waals surface area contributed by atoms with Gasteiger partial charge in [-0.1, -0.05) is 6.07 Å². The van der Waals surface area contributed by atoms with Crippen molar-refractivity contribution in [2.45, 2.75) is 6.92 Å². The first-order valence-electron chi connectivity index (χ1n) is 7.04. The van der Waals surface area contributed by atoms with E-state index in [9.17, 15) is 19.2 Å². The first kappa shape index (κ1) is 18.5. The normalized spacial score (nSPS) is 15.5. The first-order chi connectivity index (χ1) is 11.8. The lowest BCUT2D eigenvalue weighted by molar-refractivity contribution is -0.143. The van der Waals surface area contributed by atoms with Crippen molar-refractivity contribution in [1.29, 1.82) is 0 Å². The molecule has 132 valence electrons. The van der Waals surface area contributed by atoms with Crippen molar-refractivity contribution in [2.24, 2.45) is 0 Å². The quantitative estimate of drug-likeness (QED) is 0.443. The van der Waals surface area contributed by atoms with Crippen molar-refractivity contribution in [3.05, 3.63) is 28.7 Å². The van der Waals surface area contributed by atoms with Gasteiger partial charge in [0.15, 0.2) is 11.5 Å². The van der Waals surface area contributed by atoms with Crippen LogP contribution in [-0.2, 0) is 19.1 Å². The number of hydrogen-bond donors (Lipinski definition) is 0. The number of hydrogen-bond acceptors (Lipinski definition) is 8. The summed E-state index contributed by atoms with van der Waals surface area (Å²) < 4.78 is 14.6. The smallest absolute Gasteiger partial charge is 0.325 e. The van der Waals surface area contributed by atoms with E-state index in [1.165, 1.54) is 33.3 Å². The Balaban J connectivity index is 2.25. The van der Waals surface area contributed by atoms with Crippen LogP contribution in [0.3, 0.4) is 0 Å². The molecule has 0 spiro atoms. The molecule has 0 N–H and O–H groups in total. The van der Waals surface area contributed by atoms with E-state index < -0.39 is 29.6 Å². The lowest BCUT2D eigenvalue weighted by Crippen LogP contribution is -2.34. The van der Waals surface area contributed by atoms with Gasteiger partial charge in [-0.15, -0.1) is 0 Å². The highest BCUT2D eigenvalue weighted by molar-refractivity contribution is 8.18. The highest BCUT2D eigenvalue weighted by atomic mass is 32.2. The molecule has 0 atom stereocenters. The van der Waals surface area contributed by atoms with Gasteiger partial charge in [0, 0.05) is 6.92 Å². The fourth-order valence-electron chi connectivity index (χ4n) is 1.99. The van der Waals surface area contributed by atoms with E-state index in [-0.39, 0.29) is 10.7 Å². The highest BCUT2D eigenvalue weighted by Crippen LogP contribution is 2.34. The lowest BCUT2D eigenvalue weighted by Gasteiger charge is -2.10. The van der Waals surface area contributed by atoms with Crippen molar-refractivity contribution in [3.8, 4) is 11.5 Å². The minimum absolute atomic E-state index is 0.163. The van der Waals surface area contributed by atoms with Crippen molar-refractivity contribution in [3.63, 3.8) is 0 Å². The molecule has 1 saturated heterocycles. The van der Waals surface area contributed by atoms with Crippen LogP contribution in [0, 0.1) is 0 Å². The summed E-state index contributed by atoms with van der Waals surface area (Å²) in [5.74, 6) is -1.21. The van der Waals surface area contributed by atoms with Crippen molar-refractivity contribution < 1.29 is 33.4 Å². The van der Waals surface area contributed by atoms with E-state index in [0.29, 0.717) is 11.3 Å². The Labute approximate surface area is 147 Å². The molecular formula is C16H15NO7S. The van der Waals surface area contributed by atoms with Crippen LogP contribution in [0.15, 0.2) is 23.1 Å². The maximum atomic E-state index is 12.2. The van der Waals surface area contributed by atoms with Crippen LogP contribution in [0.4, 0.5) is 4.79 Å². The van der Waals surface area contributed by atoms with Crippen molar-refractivity contribution in [1.82, 2.24) is 4.90 Å². The Bertz CT molecular complexity index is 772. The van der Waals surface area contributed by atoms with E-state index >= 15 is 0 Å².